The molecule has 0 amide bonds. The lowest BCUT2D eigenvalue weighted by atomic mass is 9.69. The van der Waals surface area contributed by atoms with E-state index in [1.54, 1.807) is 13.0 Å². The van der Waals surface area contributed by atoms with E-state index in [0.717, 1.165) is 51.9 Å². The monoisotopic (exact) mass is 773 g/mol. The quantitative estimate of drug-likeness (QED) is 0.193. The number of aryl methyl sites for hydroxylation is 1. The Morgan fingerprint density at radius 3 is 2.50 bits per heavy atom. The van der Waals surface area contributed by atoms with E-state index >= 15 is 8.78 Å². The van der Waals surface area contributed by atoms with Gasteiger partial charge in [-0.25, -0.2) is 13.8 Å². The summed E-state index contributed by atoms with van der Waals surface area (Å²) in [6, 6.07) is 6.84. The molecule has 2 aromatic carbocycles. The van der Waals surface area contributed by atoms with Crippen molar-refractivity contribution in [2.24, 2.45) is 10.8 Å². The molecule has 1 spiro atoms. The van der Waals surface area contributed by atoms with Crippen molar-refractivity contribution in [2.75, 3.05) is 64.7 Å². The third-order valence-electron chi connectivity index (χ3n) is 13.6. The predicted octanol–water partition coefficient (Wildman–Crippen LogP) is 6.96. The molecule has 2 aliphatic carbocycles. The number of hydrogen-bond acceptors (Lipinski definition) is 11. The number of likely N-dealkylation sites (tertiary alicyclic amines) is 1. The minimum absolute atomic E-state index is 0.0261. The number of fused-ring (bicyclic) bond motifs is 3. The van der Waals surface area contributed by atoms with Crippen LogP contribution in [0.4, 0.5) is 14.6 Å². The van der Waals surface area contributed by atoms with Crippen LogP contribution in [0.3, 0.4) is 0 Å². The summed E-state index contributed by atoms with van der Waals surface area (Å²) in [5, 5.41) is 23.3. The molecule has 2 N–H and O–H groups in total. The van der Waals surface area contributed by atoms with E-state index in [1.807, 2.05) is 11.8 Å². The second-order valence-corrected chi connectivity index (χ2v) is 17.4. The van der Waals surface area contributed by atoms with Gasteiger partial charge in [0.2, 0.25) is 5.88 Å². The second-order valence-electron chi connectivity index (χ2n) is 17.4. The molecule has 5 fully saturated rings. The Bertz CT molecular complexity index is 2140. The highest BCUT2D eigenvalue weighted by molar-refractivity contribution is 6.03. The highest BCUT2D eigenvalue weighted by atomic mass is 19.1. The van der Waals surface area contributed by atoms with E-state index in [-0.39, 0.29) is 58.4 Å². The van der Waals surface area contributed by atoms with Crippen molar-refractivity contribution in [1.29, 1.82) is 0 Å². The molecule has 9 rings (SSSR count). The Labute approximate surface area is 326 Å². The summed E-state index contributed by atoms with van der Waals surface area (Å²) in [7, 11) is 1.44. The van der Waals surface area contributed by atoms with Gasteiger partial charge in [0.25, 0.3) is 0 Å². The number of phenols is 1. The van der Waals surface area contributed by atoms with Gasteiger partial charge in [0.15, 0.2) is 5.82 Å². The second kappa shape index (κ2) is 14.5. The van der Waals surface area contributed by atoms with Gasteiger partial charge in [-0.15, -0.1) is 0 Å². The molecule has 300 valence electrons. The Balaban J connectivity index is 1.13. The maximum absolute atomic E-state index is 17.4. The number of ether oxygens (including phenoxy) is 4. The van der Waals surface area contributed by atoms with E-state index in [1.165, 1.54) is 51.0 Å². The fraction of sp³-hybridized carbons (Fsp3) is 0.605. The lowest BCUT2D eigenvalue weighted by Gasteiger charge is -2.53. The summed E-state index contributed by atoms with van der Waals surface area (Å²) in [5.41, 5.74) is -0.518. The standard InChI is InChI=1S/C43H53F2N5O6/c1-4-29-31(44)9-8-26-19-28(51)20-30(33(26)29)36-35(45)37-34(39(46-36)53-3)38(49-17-18-54-22-41(2,52)21-49)48-40(47-37)56-25-43-12-5-7-32(43)50(16-6-13-43)27-10-14-42(15-11-27)23-55-24-42/h8-9,19-20,27,32,51-52H,4-7,10-18,21-25H2,1-3H3/t32-,41+,43-/m1/s1. The molecule has 2 aromatic heterocycles. The summed E-state index contributed by atoms with van der Waals surface area (Å²) in [4.78, 5) is 19.0. The SMILES string of the molecule is CCc1c(F)ccc2cc(O)cc(-c3nc(OC)c4c(N5CCOC[C@@](C)(O)C5)nc(OC[C@]56CCC[C@H]5N(C5CCC7(CC5)COC7)CCC6)nc4c3F)c12. The van der Waals surface area contributed by atoms with Crippen molar-refractivity contribution in [3.8, 4) is 28.9 Å². The molecule has 2 saturated carbocycles. The first-order chi connectivity index (χ1) is 27.0. The fourth-order valence-electron chi connectivity index (χ4n) is 10.7. The van der Waals surface area contributed by atoms with Gasteiger partial charge in [-0.2, -0.15) is 9.97 Å². The Morgan fingerprint density at radius 1 is 0.946 bits per heavy atom. The molecule has 4 aromatic rings. The van der Waals surface area contributed by atoms with Gasteiger partial charge in [0, 0.05) is 35.0 Å². The third-order valence-corrected chi connectivity index (χ3v) is 13.6. The van der Waals surface area contributed by atoms with Crippen LogP contribution in [0.15, 0.2) is 24.3 Å². The normalized spacial score (nSPS) is 27.0. The average Bonchev–Trinajstić information content (AvgIpc) is 3.53. The van der Waals surface area contributed by atoms with Crippen LogP contribution in [-0.2, 0) is 15.9 Å². The highest BCUT2D eigenvalue weighted by Gasteiger charge is 2.52. The maximum Gasteiger partial charge on any atom is 0.319 e. The summed E-state index contributed by atoms with van der Waals surface area (Å²) < 4.78 is 56.6. The van der Waals surface area contributed by atoms with Gasteiger partial charge in [-0.3, -0.25) is 4.90 Å². The number of nitrogens with zero attached hydrogens (tertiary/aromatic N) is 5. The number of halogens is 2. The van der Waals surface area contributed by atoms with E-state index in [0.29, 0.717) is 65.8 Å². The molecule has 3 aliphatic heterocycles. The summed E-state index contributed by atoms with van der Waals surface area (Å²) >= 11 is 0. The van der Waals surface area contributed by atoms with Crippen molar-refractivity contribution >= 4 is 27.5 Å². The summed E-state index contributed by atoms with van der Waals surface area (Å²) in [6.45, 7) is 7.78. The van der Waals surface area contributed by atoms with Crippen molar-refractivity contribution in [3.05, 3.63) is 41.5 Å². The van der Waals surface area contributed by atoms with Gasteiger partial charge < -0.3 is 34.1 Å². The number of phenolic OH excluding ortho intramolecular Hbond substituents is 1. The fourth-order valence-corrected chi connectivity index (χ4v) is 10.7. The van der Waals surface area contributed by atoms with Gasteiger partial charge >= 0.3 is 6.01 Å². The average molecular weight is 774 g/mol. The zero-order chi connectivity index (χ0) is 38.8. The molecule has 3 atom stereocenters. The van der Waals surface area contributed by atoms with Crippen molar-refractivity contribution in [3.63, 3.8) is 0 Å². The number of hydrogen-bond donors (Lipinski definition) is 2. The molecule has 11 nitrogen and oxygen atoms in total. The number of aromatic hydroxyl groups is 1. The van der Waals surface area contributed by atoms with Crippen LogP contribution >= 0.6 is 0 Å². The first-order valence-electron chi connectivity index (χ1n) is 20.4. The van der Waals surface area contributed by atoms with Gasteiger partial charge in [-0.1, -0.05) is 19.4 Å². The molecule has 56 heavy (non-hydrogen) atoms. The molecule has 5 heterocycles. The largest absolute Gasteiger partial charge is 0.508 e. The van der Waals surface area contributed by atoms with Gasteiger partial charge in [0.05, 0.1) is 46.7 Å². The molecular formula is C43H53F2N5O6. The van der Waals surface area contributed by atoms with E-state index in [2.05, 4.69) is 9.88 Å². The number of aromatic nitrogens is 3. The first kappa shape index (κ1) is 37.7. The van der Waals surface area contributed by atoms with Crippen LogP contribution < -0.4 is 14.4 Å². The Hall–Kier alpha value is -3.91. The number of β-amino-alcohol motifs (C(OH)–C–C–N with tert-alkyl or cyclic N) is 1. The van der Waals surface area contributed by atoms with Crippen molar-refractivity contribution in [2.45, 2.75) is 95.7 Å². The van der Waals surface area contributed by atoms with Gasteiger partial charge in [-0.05, 0) is 106 Å². The minimum Gasteiger partial charge on any atom is -0.508 e. The predicted molar refractivity (Wildman–Crippen MR) is 208 cm³/mol. The maximum atomic E-state index is 17.4. The van der Waals surface area contributed by atoms with E-state index in [9.17, 15) is 10.2 Å². The summed E-state index contributed by atoms with van der Waals surface area (Å²) in [6.07, 6.45) is 10.6. The zero-order valence-corrected chi connectivity index (χ0v) is 32.7. The minimum atomic E-state index is -1.22. The van der Waals surface area contributed by atoms with Crippen LogP contribution in [0.5, 0.6) is 17.6 Å². The topological polar surface area (TPSA) is 123 Å². The van der Waals surface area contributed by atoms with Crippen LogP contribution in [0.2, 0.25) is 0 Å². The van der Waals surface area contributed by atoms with Crippen molar-refractivity contribution < 1.29 is 37.9 Å². The molecule has 0 bridgehead atoms. The molecule has 0 radical (unpaired) electrons. The number of rotatable bonds is 8. The highest BCUT2D eigenvalue weighted by Crippen LogP contribution is 2.52. The number of pyridine rings is 1. The molecule has 5 aliphatic rings. The molecule has 13 heteroatoms. The molecule has 3 saturated heterocycles. The number of aliphatic hydroxyl groups is 1. The lowest BCUT2D eigenvalue weighted by Crippen LogP contribution is -2.57. The number of piperidine rings is 1. The Kier molecular flexibility index (Phi) is 9.74. The van der Waals surface area contributed by atoms with Gasteiger partial charge in [0.1, 0.15) is 39.6 Å². The molecule has 0 unspecified atom stereocenters. The van der Waals surface area contributed by atoms with Crippen LogP contribution in [0.1, 0.15) is 77.2 Å². The van der Waals surface area contributed by atoms with E-state index < -0.39 is 17.2 Å². The van der Waals surface area contributed by atoms with Crippen LogP contribution in [-0.4, -0.2) is 108 Å². The number of anilines is 1. The van der Waals surface area contributed by atoms with Crippen molar-refractivity contribution in [1.82, 2.24) is 19.9 Å². The number of methoxy groups -OCH3 is 1. The molecular weight excluding hydrogens is 720 g/mol. The lowest BCUT2D eigenvalue weighted by molar-refractivity contribution is -0.143. The number of benzene rings is 2. The van der Waals surface area contributed by atoms with Crippen LogP contribution in [0, 0.1) is 22.5 Å². The first-order valence-corrected chi connectivity index (χ1v) is 20.4. The van der Waals surface area contributed by atoms with Crippen LogP contribution in [0.25, 0.3) is 32.9 Å². The summed E-state index contributed by atoms with van der Waals surface area (Å²) in [5.74, 6) is -0.959. The zero-order valence-electron chi connectivity index (χ0n) is 32.7. The Morgan fingerprint density at radius 2 is 1.75 bits per heavy atom. The smallest absolute Gasteiger partial charge is 0.319 e. The van der Waals surface area contributed by atoms with E-state index in [4.69, 9.17) is 28.9 Å². The third kappa shape index (κ3) is 6.52.